The summed E-state index contributed by atoms with van der Waals surface area (Å²) in [5, 5.41) is 13.2. The zero-order valence-corrected chi connectivity index (χ0v) is 16.5. The minimum Gasteiger partial charge on any atom is -0.376 e. The Morgan fingerprint density at radius 2 is 1.03 bits per heavy atom. The van der Waals surface area contributed by atoms with E-state index in [2.05, 4.69) is 18.2 Å². The predicted molar refractivity (Wildman–Crippen MR) is 121 cm³/mol. The van der Waals surface area contributed by atoms with E-state index in [1.54, 1.807) is 0 Å². The molecule has 1 nitrogen and oxygen atoms in total. The lowest BCUT2D eigenvalue weighted by Gasteiger charge is -2.33. The van der Waals surface area contributed by atoms with Crippen LogP contribution in [0, 0.1) is 0 Å². The molecule has 0 saturated carbocycles. The highest BCUT2D eigenvalue weighted by molar-refractivity contribution is 6.30. The van der Waals surface area contributed by atoms with Gasteiger partial charge in [0.1, 0.15) is 5.60 Å². The van der Waals surface area contributed by atoms with E-state index in [9.17, 15) is 5.11 Å². The molecule has 0 heterocycles. The van der Waals surface area contributed by atoms with E-state index in [-0.39, 0.29) is 0 Å². The van der Waals surface area contributed by atoms with Crippen molar-refractivity contribution in [3.8, 4) is 11.1 Å². The quantitative estimate of drug-likeness (QED) is 0.397. The van der Waals surface area contributed by atoms with E-state index in [0.29, 0.717) is 5.02 Å². The number of aliphatic hydroxyl groups is 1. The maximum Gasteiger partial charge on any atom is 0.142 e. The summed E-state index contributed by atoms with van der Waals surface area (Å²) in [6, 6.07) is 31.9. The fourth-order valence-electron chi connectivity index (χ4n) is 4.24. The van der Waals surface area contributed by atoms with Crippen molar-refractivity contribution in [2.75, 3.05) is 0 Å². The van der Waals surface area contributed by atoms with Crippen LogP contribution >= 0.6 is 11.6 Å². The molecule has 1 aliphatic carbocycles. The van der Waals surface area contributed by atoms with Crippen LogP contribution in [0.25, 0.3) is 23.3 Å². The molecule has 0 bridgehead atoms. The van der Waals surface area contributed by atoms with Gasteiger partial charge in [-0.2, -0.15) is 0 Å². The van der Waals surface area contributed by atoms with E-state index in [4.69, 9.17) is 11.6 Å². The molecule has 140 valence electrons. The Hall–Kier alpha value is -3.13. The molecule has 0 aliphatic heterocycles. The van der Waals surface area contributed by atoms with Crippen LogP contribution in [0.15, 0.2) is 97.1 Å². The lowest BCUT2D eigenvalue weighted by atomic mass is 9.75. The summed E-state index contributed by atoms with van der Waals surface area (Å²) in [6.45, 7) is 0. The average molecular weight is 395 g/mol. The highest BCUT2D eigenvalue weighted by Gasteiger charge is 2.39. The van der Waals surface area contributed by atoms with Crippen molar-refractivity contribution >= 4 is 23.8 Å². The molecular weight excluding hydrogens is 376 g/mol. The van der Waals surface area contributed by atoms with Gasteiger partial charge in [0.2, 0.25) is 0 Å². The molecule has 1 aliphatic rings. The second-order valence-corrected chi connectivity index (χ2v) is 7.71. The average Bonchev–Trinajstić information content (AvgIpc) is 2.90. The third kappa shape index (κ3) is 2.91. The summed E-state index contributed by atoms with van der Waals surface area (Å²) >= 11 is 6.11. The standard InChI is InChI=1S/C27H19ClO/c28-22-17-15-19(16-18-22)23-9-3-6-12-26(23)27(29)24-10-4-1-7-20(24)13-14-21-8-2-5-11-25(21)27/h1-18,29H. The molecule has 4 aromatic carbocycles. The van der Waals surface area contributed by atoms with E-state index < -0.39 is 5.60 Å². The van der Waals surface area contributed by atoms with Gasteiger partial charge in [-0.1, -0.05) is 109 Å². The van der Waals surface area contributed by atoms with Gasteiger partial charge in [-0.3, -0.25) is 0 Å². The Morgan fingerprint density at radius 3 is 1.62 bits per heavy atom. The van der Waals surface area contributed by atoms with E-state index in [1.165, 1.54) is 0 Å². The first kappa shape index (κ1) is 17.9. The van der Waals surface area contributed by atoms with Gasteiger partial charge in [0, 0.05) is 10.6 Å². The fourth-order valence-corrected chi connectivity index (χ4v) is 4.36. The minimum atomic E-state index is -1.28. The molecule has 0 amide bonds. The van der Waals surface area contributed by atoms with Crippen LogP contribution in [0.3, 0.4) is 0 Å². The Kier molecular flexibility index (Phi) is 4.35. The van der Waals surface area contributed by atoms with Gasteiger partial charge in [-0.15, -0.1) is 0 Å². The number of fused-ring (bicyclic) bond motifs is 2. The SMILES string of the molecule is OC1(c2ccccc2-c2ccc(Cl)cc2)c2ccccc2C=Cc2ccccc21. The third-order valence-electron chi connectivity index (χ3n) is 5.62. The zero-order valence-electron chi connectivity index (χ0n) is 15.7. The highest BCUT2D eigenvalue weighted by atomic mass is 35.5. The Balaban J connectivity index is 1.85. The predicted octanol–water partition coefficient (Wildman–Crippen LogP) is 6.78. The maximum absolute atomic E-state index is 12.5. The Bertz CT molecular complexity index is 1170. The molecule has 0 atom stereocenters. The van der Waals surface area contributed by atoms with Crippen LogP contribution in [0.4, 0.5) is 0 Å². The van der Waals surface area contributed by atoms with Gasteiger partial charge >= 0.3 is 0 Å². The first-order valence-corrected chi connectivity index (χ1v) is 10.0. The summed E-state index contributed by atoms with van der Waals surface area (Å²) in [5.41, 5.74) is 5.35. The molecule has 29 heavy (non-hydrogen) atoms. The molecule has 0 unspecified atom stereocenters. The smallest absolute Gasteiger partial charge is 0.142 e. The molecule has 0 aromatic heterocycles. The van der Waals surface area contributed by atoms with Gasteiger partial charge in [0.15, 0.2) is 0 Å². The lowest BCUT2D eigenvalue weighted by molar-refractivity contribution is 0.126. The number of rotatable bonds is 2. The van der Waals surface area contributed by atoms with E-state index in [1.807, 2.05) is 91.0 Å². The number of hydrogen-bond acceptors (Lipinski definition) is 1. The van der Waals surface area contributed by atoms with Gasteiger partial charge in [-0.05, 0) is 45.5 Å². The molecule has 1 N–H and O–H groups in total. The van der Waals surface area contributed by atoms with Gasteiger partial charge in [0.05, 0.1) is 0 Å². The lowest BCUT2D eigenvalue weighted by Crippen LogP contribution is -2.30. The minimum absolute atomic E-state index is 0.694. The Morgan fingerprint density at radius 1 is 0.552 bits per heavy atom. The second kappa shape index (κ2) is 7.04. The molecule has 5 rings (SSSR count). The highest BCUT2D eigenvalue weighted by Crippen LogP contribution is 2.45. The molecule has 2 heteroatoms. The number of halogens is 1. The van der Waals surface area contributed by atoms with Gasteiger partial charge < -0.3 is 5.11 Å². The van der Waals surface area contributed by atoms with Crippen molar-refractivity contribution in [3.05, 3.63) is 130 Å². The summed E-state index contributed by atoms with van der Waals surface area (Å²) in [5.74, 6) is 0. The van der Waals surface area contributed by atoms with Gasteiger partial charge in [0.25, 0.3) is 0 Å². The summed E-state index contributed by atoms with van der Waals surface area (Å²) < 4.78 is 0. The molecule has 0 saturated heterocycles. The third-order valence-corrected chi connectivity index (χ3v) is 5.87. The largest absolute Gasteiger partial charge is 0.376 e. The molecule has 0 radical (unpaired) electrons. The summed E-state index contributed by atoms with van der Waals surface area (Å²) in [4.78, 5) is 0. The number of hydrogen-bond donors (Lipinski definition) is 1. The normalized spacial score (nSPS) is 14.0. The van der Waals surface area contributed by atoms with Crippen LogP contribution in [0.2, 0.25) is 5.02 Å². The molecule has 0 spiro atoms. The molecular formula is C27H19ClO. The van der Waals surface area contributed by atoms with Crippen LogP contribution in [0.5, 0.6) is 0 Å². The van der Waals surface area contributed by atoms with Crippen molar-refractivity contribution in [2.45, 2.75) is 5.60 Å². The summed E-state index contributed by atoms with van der Waals surface area (Å²) in [7, 11) is 0. The van der Waals surface area contributed by atoms with Crippen molar-refractivity contribution in [1.82, 2.24) is 0 Å². The van der Waals surface area contributed by atoms with Crippen molar-refractivity contribution in [1.29, 1.82) is 0 Å². The monoisotopic (exact) mass is 394 g/mol. The van der Waals surface area contributed by atoms with Crippen LogP contribution in [-0.2, 0) is 5.60 Å². The topological polar surface area (TPSA) is 20.2 Å². The molecule has 4 aromatic rings. The fraction of sp³-hybridized carbons (Fsp3) is 0.0370. The van der Waals surface area contributed by atoms with E-state index in [0.717, 1.165) is 38.9 Å². The van der Waals surface area contributed by atoms with Crippen LogP contribution in [0.1, 0.15) is 27.8 Å². The van der Waals surface area contributed by atoms with Crippen molar-refractivity contribution in [3.63, 3.8) is 0 Å². The molecule has 0 fully saturated rings. The summed E-state index contributed by atoms with van der Waals surface area (Å²) in [6.07, 6.45) is 4.16. The van der Waals surface area contributed by atoms with Crippen molar-refractivity contribution in [2.24, 2.45) is 0 Å². The van der Waals surface area contributed by atoms with Crippen LogP contribution in [-0.4, -0.2) is 5.11 Å². The zero-order chi connectivity index (χ0) is 19.8. The second-order valence-electron chi connectivity index (χ2n) is 7.27. The Labute approximate surface area is 175 Å². The first-order chi connectivity index (χ1) is 14.2. The van der Waals surface area contributed by atoms with Crippen molar-refractivity contribution < 1.29 is 5.11 Å². The number of benzene rings is 4. The maximum atomic E-state index is 12.5. The van der Waals surface area contributed by atoms with Crippen LogP contribution < -0.4 is 0 Å². The van der Waals surface area contributed by atoms with E-state index >= 15 is 0 Å². The van der Waals surface area contributed by atoms with Gasteiger partial charge in [-0.25, -0.2) is 0 Å². The first-order valence-electron chi connectivity index (χ1n) is 9.63.